The van der Waals surface area contributed by atoms with Crippen LogP contribution in [0.3, 0.4) is 0 Å². The number of carboxylic acid groups (broad SMARTS) is 1. The molecule has 2 aromatic rings. The maximum Gasteiger partial charge on any atom is 1.00 e. The van der Waals surface area contributed by atoms with E-state index >= 15 is 0 Å². The number of carbonyl (C=O) groups excluding carboxylic acids is 1. The molecule has 0 aliphatic carbocycles. The van der Waals surface area contributed by atoms with Gasteiger partial charge in [-0.15, -0.1) is 0 Å². The maximum absolute atomic E-state index is 11.5. The van der Waals surface area contributed by atoms with Crippen LogP contribution in [0.1, 0.15) is 95.0 Å². The van der Waals surface area contributed by atoms with E-state index in [2.05, 4.69) is 65.8 Å². The van der Waals surface area contributed by atoms with Gasteiger partial charge in [-0.05, 0) is 85.8 Å². The van der Waals surface area contributed by atoms with Crippen molar-refractivity contribution in [1.82, 2.24) is 0 Å². The number of hydrogen-bond donors (Lipinski definition) is 2. The third kappa shape index (κ3) is 8.56. The van der Waals surface area contributed by atoms with Crippen LogP contribution >= 0.6 is 0 Å². The van der Waals surface area contributed by atoms with Gasteiger partial charge in [0.1, 0.15) is 11.9 Å². The molecule has 0 spiro atoms. The molecule has 0 fully saturated rings. The smallest absolute Gasteiger partial charge is 0.546 e. The number of hydrogen-bond acceptors (Lipinski definition) is 5. The fraction of sp³-hybridized carbons (Fsp3) is 0.581. The zero-order valence-electron chi connectivity index (χ0n) is 24.4. The first-order chi connectivity index (χ1) is 16.7. The van der Waals surface area contributed by atoms with E-state index in [1.807, 2.05) is 19.1 Å². The van der Waals surface area contributed by atoms with Crippen LogP contribution in [-0.4, -0.2) is 34.5 Å². The Hall–Kier alpha value is -1.37. The van der Waals surface area contributed by atoms with Gasteiger partial charge < -0.3 is 24.9 Å². The second-order valence-corrected chi connectivity index (χ2v) is 11.3. The zero-order chi connectivity index (χ0) is 27.3. The number of aliphatic carboxylic acids is 1. The summed E-state index contributed by atoms with van der Waals surface area (Å²) in [4.78, 5) is 11.5. The van der Waals surface area contributed by atoms with Crippen LogP contribution in [-0.2, 0) is 16.6 Å². The molecule has 200 valence electrons. The summed E-state index contributed by atoms with van der Waals surface area (Å²) in [5, 5.41) is 31.6. The van der Waals surface area contributed by atoms with Crippen LogP contribution in [0.5, 0.6) is 5.75 Å². The molecule has 0 radical (unpaired) electrons. The first-order valence-electron chi connectivity index (χ1n) is 13.2. The van der Waals surface area contributed by atoms with Gasteiger partial charge in [0, 0.05) is 11.8 Å². The van der Waals surface area contributed by atoms with Crippen molar-refractivity contribution in [2.45, 2.75) is 111 Å². The fourth-order valence-electron chi connectivity index (χ4n) is 4.97. The summed E-state index contributed by atoms with van der Waals surface area (Å²) >= 11 is 0. The first kappa shape index (κ1) is 33.7. The number of aliphatic hydroxyl groups excluding tert-OH is 2. The molecule has 2 N–H and O–H groups in total. The molecule has 0 saturated carbocycles. The van der Waals surface area contributed by atoms with Crippen molar-refractivity contribution < 1.29 is 54.4 Å². The topological polar surface area (TPSA) is 89.8 Å². The number of rotatable bonds is 12. The van der Waals surface area contributed by atoms with Crippen LogP contribution in [0, 0.1) is 19.3 Å². The summed E-state index contributed by atoms with van der Waals surface area (Å²) in [6.07, 6.45) is 1.01. The minimum Gasteiger partial charge on any atom is -0.546 e. The quantitative estimate of drug-likeness (QED) is 0.418. The number of ether oxygens (including phenoxy) is 1. The molecule has 0 aliphatic heterocycles. The van der Waals surface area contributed by atoms with Crippen LogP contribution in [0.4, 0.5) is 0 Å². The van der Waals surface area contributed by atoms with Crippen LogP contribution in [0.15, 0.2) is 36.4 Å². The number of carbonyl (C=O) groups is 1. The molecule has 3 atom stereocenters. The van der Waals surface area contributed by atoms with E-state index in [9.17, 15) is 20.1 Å². The van der Waals surface area contributed by atoms with E-state index < -0.39 is 18.2 Å². The van der Waals surface area contributed by atoms with Gasteiger partial charge in [0.25, 0.3) is 0 Å². The summed E-state index contributed by atoms with van der Waals surface area (Å²) in [5.41, 5.74) is 5.43. The van der Waals surface area contributed by atoms with E-state index in [1.165, 1.54) is 23.6 Å². The standard InChI is InChI=1S/C31H46O5.Na/c1-9-31(10-2,24-13-11-23(20(3)17-24)12-16-28(33)30(6,7)8)25-14-15-26(21(4)18-25)36-27(29(34)35)19-22(5)32;/h11,13-15,17-18,22,27-28,32-33H,9-10,12,16,19H2,1-8H3,(H,34,35);/q;+1/p-1/t22-,27?,28?;/m1./s1. The molecule has 2 unspecified atom stereocenters. The van der Waals surface area contributed by atoms with E-state index in [-0.39, 0.29) is 52.9 Å². The number of benzene rings is 2. The zero-order valence-corrected chi connectivity index (χ0v) is 26.4. The maximum atomic E-state index is 11.5. The van der Waals surface area contributed by atoms with Crippen LogP contribution in [0.25, 0.3) is 0 Å². The number of aryl methyl sites for hydroxylation is 3. The normalized spacial score (nSPS) is 14.4. The molecule has 2 aromatic carbocycles. The third-order valence-corrected chi connectivity index (χ3v) is 7.60. The molecule has 0 bridgehead atoms. The Morgan fingerprint density at radius 1 is 0.973 bits per heavy atom. The van der Waals surface area contributed by atoms with Gasteiger partial charge in [0.05, 0.1) is 18.2 Å². The van der Waals surface area contributed by atoms with E-state index in [1.54, 1.807) is 0 Å². The van der Waals surface area contributed by atoms with Crippen molar-refractivity contribution in [3.8, 4) is 5.75 Å². The summed E-state index contributed by atoms with van der Waals surface area (Å²) < 4.78 is 5.72. The Bertz CT molecular complexity index is 1020. The second kappa shape index (κ2) is 14.1. The third-order valence-electron chi connectivity index (χ3n) is 7.60. The molecular weight excluding hydrogens is 475 g/mol. The van der Waals surface area contributed by atoms with Gasteiger partial charge in [0.2, 0.25) is 0 Å². The Kier molecular flexibility index (Phi) is 12.9. The molecule has 0 aliphatic rings. The molecule has 6 heteroatoms. The molecule has 37 heavy (non-hydrogen) atoms. The molecule has 0 heterocycles. The number of aliphatic hydroxyl groups is 2. The van der Waals surface area contributed by atoms with Crippen molar-refractivity contribution in [1.29, 1.82) is 0 Å². The van der Waals surface area contributed by atoms with E-state index in [4.69, 9.17) is 4.74 Å². The van der Waals surface area contributed by atoms with Crippen LogP contribution in [0.2, 0.25) is 0 Å². The fourth-order valence-corrected chi connectivity index (χ4v) is 4.97. The van der Waals surface area contributed by atoms with Gasteiger partial charge in [0.15, 0.2) is 0 Å². The predicted octanol–water partition coefficient (Wildman–Crippen LogP) is 2.02. The predicted molar refractivity (Wildman–Crippen MR) is 143 cm³/mol. The number of carboxylic acids is 1. The van der Waals surface area contributed by atoms with Gasteiger partial charge in [-0.3, -0.25) is 0 Å². The summed E-state index contributed by atoms with van der Waals surface area (Å²) in [5.74, 6) is -0.847. The molecule has 2 rings (SSSR count). The van der Waals surface area contributed by atoms with Crippen molar-refractivity contribution in [2.75, 3.05) is 0 Å². The molecular formula is C31H45NaO5. The van der Waals surface area contributed by atoms with Gasteiger partial charge in [-0.25, -0.2) is 0 Å². The van der Waals surface area contributed by atoms with Gasteiger partial charge >= 0.3 is 29.6 Å². The summed E-state index contributed by atoms with van der Waals surface area (Å²) in [6.45, 7) is 16.2. The Labute approximate surface area is 245 Å². The Morgan fingerprint density at radius 3 is 1.95 bits per heavy atom. The minimum atomic E-state index is -1.33. The molecule has 0 amide bonds. The Balaban J connectivity index is 0.00000684. The van der Waals surface area contributed by atoms with Crippen molar-refractivity contribution in [2.24, 2.45) is 5.41 Å². The van der Waals surface area contributed by atoms with Crippen molar-refractivity contribution in [3.63, 3.8) is 0 Å². The SMILES string of the molecule is CCC(CC)(c1ccc(CCC(O)C(C)(C)C)c(C)c1)c1ccc(OC(C[C@@H](C)O)C(=O)[O-])c(C)c1.[Na+]. The summed E-state index contributed by atoms with van der Waals surface area (Å²) in [7, 11) is 0. The van der Waals surface area contributed by atoms with Crippen molar-refractivity contribution >= 4 is 5.97 Å². The molecule has 0 aromatic heterocycles. The molecule has 5 nitrogen and oxygen atoms in total. The monoisotopic (exact) mass is 520 g/mol. The van der Waals surface area contributed by atoms with Crippen LogP contribution < -0.4 is 39.4 Å². The largest absolute Gasteiger partial charge is 1.00 e. The van der Waals surface area contributed by atoms with E-state index in [0.717, 1.165) is 36.8 Å². The van der Waals surface area contributed by atoms with Crippen molar-refractivity contribution in [3.05, 3.63) is 64.2 Å². The minimum absolute atomic E-state index is 0. The van der Waals surface area contributed by atoms with Gasteiger partial charge in [-0.1, -0.05) is 65.0 Å². The van der Waals surface area contributed by atoms with E-state index in [0.29, 0.717) is 5.75 Å². The van der Waals surface area contributed by atoms with Gasteiger partial charge in [-0.2, -0.15) is 0 Å². The second-order valence-electron chi connectivity index (χ2n) is 11.3. The summed E-state index contributed by atoms with van der Waals surface area (Å²) in [6, 6.07) is 12.6. The average molecular weight is 521 g/mol. The average Bonchev–Trinajstić information content (AvgIpc) is 2.79. The molecule has 0 saturated heterocycles. The Morgan fingerprint density at radius 2 is 1.51 bits per heavy atom. The first-order valence-corrected chi connectivity index (χ1v) is 13.2.